The number of hydrogen-bond donors (Lipinski definition) is 0. The lowest BCUT2D eigenvalue weighted by molar-refractivity contribution is -0.385. The van der Waals surface area contributed by atoms with Crippen molar-refractivity contribution in [1.29, 1.82) is 0 Å². The van der Waals surface area contributed by atoms with Gasteiger partial charge in [0.25, 0.3) is 11.4 Å². The third-order valence-corrected chi connectivity index (χ3v) is 6.85. The molecular formula is C28H21N3O5. The van der Waals surface area contributed by atoms with E-state index in [0.29, 0.717) is 12.0 Å². The van der Waals surface area contributed by atoms with Crippen LogP contribution in [0.15, 0.2) is 96.6 Å². The number of aromatic nitrogens is 1. The summed E-state index contributed by atoms with van der Waals surface area (Å²) in [4.78, 5) is 38.7. The highest BCUT2D eigenvalue weighted by molar-refractivity contribution is 5.80. The van der Waals surface area contributed by atoms with Gasteiger partial charge in [0.05, 0.1) is 15.4 Å². The van der Waals surface area contributed by atoms with Crippen molar-refractivity contribution in [3.8, 4) is 0 Å². The van der Waals surface area contributed by atoms with E-state index < -0.39 is 15.8 Å². The predicted octanol–water partition coefficient (Wildman–Crippen LogP) is 6.23. The molecule has 1 aromatic heterocycles. The molecule has 5 rings (SSSR count). The van der Waals surface area contributed by atoms with Crippen LogP contribution in [0, 0.1) is 20.2 Å². The Bertz CT molecular complexity index is 1500. The molecule has 0 amide bonds. The fourth-order valence-electron chi connectivity index (χ4n) is 5.13. The standard InChI is InChI=1S/C28H21N3O5/c32-17-21-9-15-24(18-5-11-22(12-6-18)30(33)34)28(26-16-10-19-3-1-2-4-25(19)29-26)27(21)20-7-13-23(14-8-20)31(35)36/h1-14,16-17,24,27-28H,15H2/t24-,27+,28-/m0/s1. The normalized spacial score (nSPS) is 19.4. The number of benzene rings is 3. The Balaban J connectivity index is 1.68. The van der Waals surface area contributed by atoms with Crippen molar-refractivity contribution < 1.29 is 14.6 Å². The van der Waals surface area contributed by atoms with Crippen molar-refractivity contribution in [1.82, 2.24) is 4.98 Å². The Kier molecular flexibility index (Phi) is 6.08. The summed E-state index contributed by atoms with van der Waals surface area (Å²) >= 11 is 0. The maximum atomic E-state index is 12.2. The monoisotopic (exact) mass is 479 g/mol. The van der Waals surface area contributed by atoms with Crippen molar-refractivity contribution in [3.05, 3.63) is 134 Å². The quantitative estimate of drug-likeness (QED) is 0.184. The van der Waals surface area contributed by atoms with Crippen molar-refractivity contribution in [2.45, 2.75) is 24.2 Å². The highest BCUT2D eigenvalue weighted by Gasteiger charge is 2.39. The highest BCUT2D eigenvalue weighted by atomic mass is 16.6. The molecule has 36 heavy (non-hydrogen) atoms. The van der Waals surface area contributed by atoms with Crippen molar-refractivity contribution in [2.24, 2.45) is 0 Å². The zero-order valence-electron chi connectivity index (χ0n) is 19.1. The van der Waals surface area contributed by atoms with Crippen LogP contribution < -0.4 is 0 Å². The molecule has 0 saturated heterocycles. The van der Waals surface area contributed by atoms with E-state index in [-0.39, 0.29) is 23.2 Å². The van der Waals surface area contributed by atoms with Crippen LogP contribution in [0.2, 0.25) is 0 Å². The van der Waals surface area contributed by atoms with Gasteiger partial charge in [-0.05, 0) is 41.2 Å². The number of pyridine rings is 1. The molecule has 8 heteroatoms. The number of carbonyl (C=O) groups is 1. The second-order valence-corrected chi connectivity index (χ2v) is 8.79. The van der Waals surface area contributed by atoms with Crippen molar-refractivity contribution in [2.75, 3.05) is 0 Å². The molecule has 3 atom stereocenters. The largest absolute Gasteiger partial charge is 0.298 e. The first-order chi connectivity index (χ1) is 17.5. The van der Waals surface area contributed by atoms with E-state index in [1.165, 1.54) is 24.3 Å². The first kappa shape index (κ1) is 23.0. The molecule has 0 bridgehead atoms. The van der Waals surface area contributed by atoms with Crippen LogP contribution in [0.4, 0.5) is 11.4 Å². The van der Waals surface area contributed by atoms with Gasteiger partial charge in [-0.25, -0.2) is 0 Å². The summed E-state index contributed by atoms with van der Waals surface area (Å²) in [6.07, 6.45) is 3.28. The van der Waals surface area contributed by atoms with Crippen LogP contribution in [0.25, 0.3) is 10.9 Å². The molecule has 4 aromatic rings. The maximum Gasteiger partial charge on any atom is 0.269 e. The molecule has 0 saturated carbocycles. The fraction of sp³-hybridized carbons (Fsp3) is 0.143. The van der Waals surface area contributed by atoms with E-state index in [0.717, 1.165) is 34.0 Å². The molecule has 0 unspecified atom stereocenters. The number of nitro groups is 2. The summed E-state index contributed by atoms with van der Waals surface area (Å²) in [5, 5.41) is 23.4. The molecule has 1 aliphatic rings. The van der Waals surface area contributed by atoms with Gasteiger partial charge in [0, 0.05) is 47.2 Å². The van der Waals surface area contributed by atoms with Crippen molar-refractivity contribution >= 4 is 28.6 Å². The van der Waals surface area contributed by atoms with E-state index >= 15 is 0 Å². The molecule has 8 nitrogen and oxygen atoms in total. The SMILES string of the molecule is O=CC1=CC[C@@H](c2ccc([N+](=O)[O-])cc2)[C@@H](c2ccc3ccccc3n2)[C@@H]1c1ccc([N+](=O)[O-])cc1. The van der Waals surface area contributed by atoms with Gasteiger partial charge in [-0.3, -0.25) is 30.0 Å². The molecule has 0 N–H and O–H groups in total. The topological polar surface area (TPSA) is 116 Å². The number of nitrogens with zero attached hydrogens (tertiary/aromatic N) is 3. The van der Waals surface area contributed by atoms with Crippen molar-refractivity contribution in [3.63, 3.8) is 0 Å². The molecule has 0 radical (unpaired) electrons. The van der Waals surface area contributed by atoms with Gasteiger partial charge in [-0.15, -0.1) is 0 Å². The zero-order chi connectivity index (χ0) is 25.2. The Morgan fingerprint density at radius 2 is 1.39 bits per heavy atom. The maximum absolute atomic E-state index is 12.2. The third-order valence-electron chi connectivity index (χ3n) is 6.85. The number of nitro benzene ring substituents is 2. The van der Waals surface area contributed by atoms with Crippen LogP contribution in [0.1, 0.15) is 41.0 Å². The van der Waals surface area contributed by atoms with Crippen LogP contribution in [-0.4, -0.2) is 21.1 Å². The van der Waals surface area contributed by atoms with Gasteiger partial charge >= 0.3 is 0 Å². The second kappa shape index (κ2) is 9.50. The second-order valence-electron chi connectivity index (χ2n) is 8.79. The molecule has 0 aliphatic heterocycles. The Hall–Kier alpha value is -4.72. The van der Waals surface area contributed by atoms with E-state index in [2.05, 4.69) is 0 Å². The van der Waals surface area contributed by atoms with Gasteiger partial charge in [-0.1, -0.05) is 54.6 Å². The van der Waals surface area contributed by atoms with Gasteiger partial charge < -0.3 is 0 Å². The number of hydrogen-bond acceptors (Lipinski definition) is 6. The van der Waals surface area contributed by atoms with Gasteiger partial charge in [-0.2, -0.15) is 0 Å². The lowest BCUT2D eigenvalue weighted by Gasteiger charge is -2.37. The third kappa shape index (κ3) is 4.24. The van der Waals surface area contributed by atoms with Crippen LogP contribution in [0.3, 0.4) is 0 Å². The smallest absolute Gasteiger partial charge is 0.269 e. The first-order valence-electron chi connectivity index (χ1n) is 11.5. The number of aldehydes is 1. The van der Waals surface area contributed by atoms with E-state index in [1.54, 1.807) is 24.3 Å². The number of allylic oxidation sites excluding steroid dienone is 2. The summed E-state index contributed by atoms with van der Waals surface area (Å²) in [6, 6.07) is 24.5. The zero-order valence-corrected chi connectivity index (χ0v) is 19.1. The van der Waals surface area contributed by atoms with Gasteiger partial charge in [0.15, 0.2) is 0 Å². The molecule has 178 valence electrons. The number of rotatable bonds is 6. The minimum atomic E-state index is -0.455. The molecule has 0 fully saturated rings. The fourth-order valence-corrected chi connectivity index (χ4v) is 5.13. The lowest BCUT2D eigenvalue weighted by Crippen LogP contribution is -2.26. The number of para-hydroxylation sites is 1. The number of fused-ring (bicyclic) bond motifs is 1. The van der Waals surface area contributed by atoms with Gasteiger partial charge in [0.1, 0.15) is 6.29 Å². The minimum absolute atomic E-state index is 0.00554. The number of carbonyl (C=O) groups excluding carboxylic acids is 1. The first-order valence-corrected chi connectivity index (χ1v) is 11.5. The predicted molar refractivity (Wildman–Crippen MR) is 135 cm³/mol. The van der Waals surface area contributed by atoms with Crippen LogP contribution in [0.5, 0.6) is 0 Å². The molecule has 1 aliphatic carbocycles. The summed E-state index contributed by atoms with van der Waals surface area (Å²) in [7, 11) is 0. The lowest BCUT2D eigenvalue weighted by atomic mass is 9.65. The minimum Gasteiger partial charge on any atom is -0.298 e. The van der Waals surface area contributed by atoms with Crippen LogP contribution >= 0.6 is 0 Å². The van der Waals surface area contributed by atoms with Gasteiger partial charge in [0.2, 0.25) is 0 Å². The van der Waals surface area contributed by atoms with E-state index in [4.69, 9.17) is 4.98 Å². The molecule has 3 aromatic carbocycles. The Labute approximate surface area is 206 Å². The van der Waals surface area contributed by atoms with Crippen LogP contribution in [-0.2, 0) is 4.79 Å². The molecule has 1 heterocycles. The van der Waals surface area contributed by atoms with E-state index in [1.807, 2.05) is 42.5 Å². The average molecular weight is 479 g/mol. The number of non-ortho nitro benzene ring substituents is 2. The van der Waals surface area contributed by atoms with E-state index in [9.17, 15) is 25.0 Å². The highest BCUT2D eigenvalue weighted by Crippen LogP contribution is 2.51. The molecule has 0 spiro atoms. The Morgan fingerprint density at radius 3 is 2.00 bits per heavy atom. The Morgan fingerprint density at radius 1 is 0.778 bits per heavy atom. The molecular weight excluding hydrogens is 458 g/mol. The average Bonchev–Trinajstić information content (AvgIpc) is 2.92. The summed E-state index contributed by atoms with van der Waals surface area (Å²) in [5.41, 5.74) is 3.83. The summed E-state index contributed by atoms with van der Waals surface area (Å²) in [5.74, 6) is -0.794. The summed E-state index contributed by atoms with van der Waals surface area (Å²) in [6.45, 7) is 0. The summed E-state index contributed by atoms with van der Waals surface area (Å²) < 4.78 is 0.